The van der Waals surface area contributed by atoms with Gasteiger partial charge in [-0.1, -0.05) is 25.0 Å². The minimum atomic E-state index is -0.246. The molecule has 27 heavy (non-hydrogen) atoms. The van der Waals surface area contributed by atoms with Crippen molar-refractivity contribution in [3.63, 3.8) is 0 Å². The zero-order valence-electron chi connectivity index (χ0n) is 14.4. The van der Waals surface area contributed by atoms with Gasteiger partial charge in [0.05, 0.1) is 5.39 Å². The molecule has 1 fully saturated rings. The number of fused-ring (bicyclic) bond motifs is 1. The second kappa shape index (κ2) is 7.01. The molecule has 1 aromatic carbocycles. The smallest absolute Gasteiger partial charge is 0.214 e. The molecule has 0 radical (unpaired) electrons. The molecule has 0 amide bonds. The van der Waals surface area contributed by atoms with Crippen molar-refractivity contribution < 1.29 is 4.39 Å². The number of H-pyrrole nitrogens is 1. The highest BCUT2D eigenvalue weighted by Crippen LogP contribution is 2.40. The molecule has 0 aliphatic heterocycles. The third-order valence-electron chi connectivity index (χ3n) is 4.90. The molecule has 1 aliphatic rings. The van der Waals surface area contributed by atoms with Crippen molar-refractivity contribution in [1.29, 1.82) is 0 Å². The molecule has 4 aromatic rings. The normalized spacial score (nSPS) is 15.0. The van der Waals surface area contributed by atoms with Gasteiger partial charge < -0.3 is 0 Å². The van der Waals surface area contributed by atoms with Crippen LogP contribution in [-0.4, -0.2) is 25.1 Å². The van der Waals surface area contributed by atoms with Crippen molar-refractivity contribution in [3.8, 4) is 11.1 Å². The Labute approximate surface area is 163 Å². The summed E-state index contributed by atoms with van der Waals surface area (Å²) < 4.78 is 13.3. The first-order valence-corrected chi connectivity index (χ1v) is 10.6. The average molecular weight is 398 g/mol. The molecule has 1 saturated carbocycles. The lowest BCUT2D eigenvalue weighted by molar-refractivity contribution is 0.628. The van der Waals surface area contributed by atoms with Crippen molar-refractivity contribution in [1.82, 2.24) is 25.1 Å². The van der Waals surface area contributed by atoms with Crippen LogP contribution in [0.15, 0.2) is 46.2 Å². The van der Waals surface area contributed by atoms with E-state index in [1.54, 1.807) is 29.8 Å². The predicted octanol–water partition coefficient (Wildman–Crippen LogP) is 5.42. The van der Waals surface area contributed by atoms with Gasteiger partial charge >= 0.3 is 0 Å². The number of benzene rings is 1. The van der Waals surface area contributed by atoms with Gasteiger partial charge in [0.2, 0.25) is 5.16 Å². The molecule has 1 N–H and O–H groups in total. The molecule has 5 nitrogen and oxygen atoms in total. The quantitative estimate of drug-likeness (QED) is 0.466. The highest BCUT2D eigenvalue weighted by atomic mass is 32.2. The largest absolute Gasteiger partial charge is 0.262 e. The monoisotopic (exact) mass is 397 g/mol. The first kappa shape index (κ1) is 16.8. The molecule has 0 bridgehead atoms. The van der Waals surface area contributed by atoms with Crippen molar-refractivity contribution in [2.45, 2.75) is 41.8 Å². The van der Waals surface area contributed by atoms with Crippen LogP contribution in [0, 0.1) is 5.82 Å². The number of nitrogens with one attached hydrogen (secondary N) is 1. The molecule has 0 unspecified atom stereocenters. The Morgan fingerprint density at radius 3 is 2.74 bits per heavy atom. The van der Waals surface area contributed by atoms with E-state index in [2.05, 4.69) is 25.1 Å². The molecule has 3 aromatic heterocycles. The van der Waals surface area contributed by atoms with Crippen LogP contribution in [0.3, 0.4) is 0 Å². The van der Waals surface area contributed by atoms with Crippen LogP contribution in [0.1, 0.15) is 37.4 Å². The first-order valence-electron chi connectivity index (χ1n) is 8.86. The predicted molar refractivity (Wildman–Crippen MR) is 105 cm³/mol. The summed E-state index contributed by atoms with van der Waals surface area (Å²) in [4.78, 5) is 14.4. The van der Waals surface area contributed by atoms with Crippen LogP contribution < -0.4 is 0 Å². The number of nitrogens with zero attached hydrogens (tertiary/aromatic N) is 4. The average Bonchev–Trinajstić information content (AvgIpc) is 3.43. The van der Waals surface area contributed by atoms with E-state index in [4.69, 9.17) is 0 Å². The lowest BCUT2D eigenvalue weighted by Gasteiger charge is -2.04. The van der Waals surface area contributed by atoms with Crippen molar-refractivity contribution in [3.05, 3.63) is 47.6 Å². The Bertz CT molecular complexity index is 1080. The van der Waals surface area contributed by atoms with E-state index in [0.717, 1.165) is 32.2 Å². The minimum absolute atomic E-state index is 0.246. The summed E-state index contributed by atoms with van der Waals surface area (Å²) >= 11 is 3.00. The summed E-state index contributed by atoms with van der Waals surface area (Å²) in [5.41, 5.74) is 1.95. The van der Waals surface area contributed by atoms with Gasteiger partial charge in [-0.25, -0.2) is 19.3 Å². The third kappa shape index (κ3) is 3.23. The lowest BCUT2D eigenvalue weighted by Crippen LogP contribution is -1.94. The van der Waals surface area contributed by atoms with Gasteiger partial charge in [-0.3, -0.25) is 5.10 Å². The van der Waals surface area contributed by atoms with Crippen LogP contribution in [0.5, 0.6) is 0 Å². The summed E-state index contributed by atoms with van der Waals surface area (Å²) in [6.45, 7) is 0. The fraction of sp³-hybridized carbons (Fsp3) is 0.263. The summed E-state index contributed by atoms with van der Waals surface area (Å²) in [7, 11) is 0. The molecule has 0 atom stereocenters. The second-order valence-electron chi connectivity index (χ2n) is 6.60. The highest BCUT2D eigenvalue weighted by Gasteiger charge is 2.22. The Morgan fingerprint density at radius 2 is 1.93 bits per heavy atom. The molecular formula is C19H16FN5S2. The third-order valence-corrected chi connectivity index (χ3v) is 6.66. The molecule has 3 heterocycles. The summed E-state index contributed by atoms with van der Waals surface area (Å²) in [5, 5.41) is 12.0. The molecule has 5 rings (SSSR count). The molecule has 0 spiro atoms. The van der Waals surface area contributed by atoms with E-state index in [1.807, 2.05) is 5.38 Å². The van der Waals surface area contributed by atoms with Crippen molar-refractivity contribution in [2.75, 3.05) is 0 Å². The Balaban J connectivity index is 1.51. The van der Waals surface area contributed by atoms with Crippen LogP contribution in [0.4, 0.5) is 4.39 Å². The zero-order valence-corrected chi connectivity index (χ0v) is 16.0. The van der Waals surface area contributed by atoms with E-state index in [-0.39, 0.29) is 5.82 Å². The topological polar surface area (TPSA) is 67.3 Å². The van der Waals surface area contributed by atoms with Gasteiger partial charge in [-0.15, -0.1) is 16.4 Å². The van der Waals surface area contributed by atoms with Gasteiger partial charge in [-0.05, 0) is 42.3 Å². The number of hydrogen-bond donors (Lipinski definition) is 1. The fourth-order valence-corrected chi connectivity index (χ4v) is 5.34. The van der Waals surface area contributed by atoms with Crippen LogP contribution in [-0.2, 0) is 0 Å². The van der Waals surface area contributed by atoms with E-state index in [1.165, 1.54) is 49.6 Å². The highest BCUT2D eigenvalue weighted by molar-refractivity contribution is 7.99. The number of aromatic amines is 1. The molecule has 8 heteroatoms. The molecule has 0 saturated heterocycles. The van der Waals surface area contributed by atoms with Gasteiger partial charge in [0.15, 0.2) is 0 Å². The maximum atomic E-state index is 13.3. The molecule has 1 aliphatic carbocycles. The molecule has 136 valence electrons. The fourth-order valence-electron chi connectivity index (χ4n) is 3.54. The number of aromatic nitrogens is 5. The summed E-state index contributed by atoms with van der Waals surface area (Å²) in [6, 6.07) is 6.50. The summed E-state index contributed by atoms with van der Waals surface area (Å²) in [5.74, 6) is 1.22. The van der Waals surface area contributed by atoms with Gasteiger partial charge in [0.25, 0.3) is 0 Å². The van der Waals surface area contributed by atoms with E-state index in [0.29, 0.717) is 11.1 Å². The minimum Gasteiger partial charge on any atom is -0.262 e. The van der Waals surface area contributed by atoms with Crippen LogP contribution in [0.2, 0.25) is 0 Å². The maximum Gasteiger partial charge on any atom is 0.214 e. The Kier molecular flexibility index (Phi) is 4.37. The molecular weight excluding hydrogens is 381 g/mol. The number of halogens is 1. The summed E-state index contributed by atoms with van der Waals surface area (Å²) in [6.07, 6.45) is 6.44. The van der Waals surface area contributed by atoms with Crippen LogP contribution >= 0.6 is 23.1 Å². The van der Waals surface area contributed by atoms with E-state index < -0.39 is 0 Å². The van der Waals surface area contributed by atoms with E-state index in [9.17, 15) is 4.39 Å². The number of hydrogen-bond acceptors (Lipinski definition) is 6. The number of thiophene rings is 1. The number of rotatable bonds is 4. The van der Waals surface area contributed by atoms with Gasteiger partial charge in [-0.2, -0.15) is 0 Å². The van der Waals surface area contributed by atoms with Crippen molar-refractivity contribution in [2.24, 2.45) is 0 Å². The van der Waals surface area contributed by atoms with E-state index >= 15 is 0 Å². The van der Waals surface area contributed by atoms with Gasteiger partial charge in [0.1, 0.15) is 27.8 Å². The van der Waals surface area contributed by atoms with Crippen LogP contribution in [0.25, 0.3) is 21.3 Å². The lowest BCUT2D eigenvalue weighted by atomic mass is 10.1. The first-order chi connectivity index (χ1) is 13.3. The Morgan fingerprint density at radius 1 is 1.11 bits per heavy atom. The van der Waals surface area contributed by atoms with Crippen molar-refractivity contribution >= 4 is 33.3 Å². The van der Waals surface area contributed by atoms with Gasteiger partial charge in [0, 0.05) is 16.9 Å². The second-order valence-corrected chi connectivity index (χ2v) is 8.42. The Hall–Kier alpha value is -2.32. The standard InChI is InChI=1S/C19H16FN5S2/c20-13-7-5-11(6-8-13)14-9-26-17-15(14)18(22-10-21-17)27-19-23-16(24-25-19)12-3-1-2-4-12/h5-10,12H,1-4H2,(H,23,24,25). The SMILES string of the molecule is Fc1ccc(-c2csc3ncnc(Sc4n[nH]c(C5CCCC5)n4)c23)cc1. The zero-order chi connectivity index (χ0) is 18.2. The maximum absolute atomic E-state index is 13.3.